The van der Waals surface area contributed by atoms with Crippen molar-refractivity contribution in [3.8, 4) is 0 Å². The fourth-order valence-electron chi connectivity index (χ4n) is 4.38. The predicted molar refractivity (Wildman–Crippen MR) is 112 cm³/mol. The number of likely N-dealkylation sites (tertiary alicyclic amines) is 1. The van der Waals surface area contributed by atoms with E-state index in [1.165, 1.54) is 32.4 Å². The summed E-state index contributed by atoms with van der Waals surface area (Å²) in [7, 11) is 0. The second-order valence-electron chi connectivity index (χ2n) is 8.15. The number of benzene rings is 1. The molecule has 2 aliphatic heterocycles. The highest BCUT2D eigenvalue weighted by Crippen LogP contribution is 2.29. The van der Waals surface area contributed by atoms with Crippen LogP contribution in [-0.2, 0) is 4.79 Å². The summed E-state index contributed by atoms with van der Waals surface area (Å²) in [6.07, 6.45) is 7.15. The molecule has 2 saturated heterocycles. The Morgan fingerprint density at radius 2 is 1.96 bits per heavy atom. The van der Waals surface area contributed by atoms with Gasteiger partial charge in [-0.05, 0) is 69.3 Å². The van der Waals surface area contributed by atoms with Crippen LogP contribution < -0.4 is 10.2 Å². The fraction of sp³-hybridized carbons (Fsp3) is 0.636. The van der Waals surface area contributed by atoms with Crippen molar-refractivity contribution in [3.63, 3.8) is 0 Å². The molecule has 2 aliphatic rings. The number of piperidine rings is 1. The maximum absolute atomic E-state index is 12.0. The molecule has 2 N–H and O–H groups in total. The standard InChI is InChI=1S/C22H33N3O3/c1-2-3-8-21(26)23-18-9-10-20(19(14-18)22(27)28)25-13-6-7-17(16-25)15-24-11-4-5-12-24/h9-10,14,17H,2-8,11-13,15-16H2,1H3,(H,23,26)(H,27,28)/t17-/m0/s1. The van der Waals surface area contributed by atoms with Crippen molar-refractivity contribution < 1.29 is 14.7 Å². The van der Waals surface area contributed by atoms with Crippen molar-refractivity contribution >= 4 is 23.3 Å². The van der Waals surface area contributed by atoms with Crippen LogP contribution in [0.3, 0.4) is 0 Å². The largest absolute Gasteiger partial charge is 0.478 e. The lowest BCUT2D eigenvalue weighted by Gasteiger charge is -2.36. The molecule has 0 spiro atoms. The SMILES string of the molecule is CCCCC(=O)Nc1ccc(N2CCC[C@@H](CN3CCCC3)C2)c(C(=O)O)c1. The van der Waals surface area contributed by atoms with Crippen molar-refractivity contribution in [2.45, 2.75) is 51.9 Å². The van der Waals surface area contributed by atoms with Crippen molar-refractivity contribution in [3.05, 3.63) is 23.8 Å². The second-order valence-corrected chi connectivity index (χ2v) is 8.15. The first kappa shape index (κ1) is 20.6. The van der Waals surface area contributed by atoms with Crippen molar-refractivity contribution in [1.29, 1.82) is 0 Å². The van der Waals surface area contributed by atoms with Gasteiger partial charge in [0, 0.05) is 31.7 Å². The predicted octanol–water partition coefficient (Wildman–Crippen LogP) is 3.83. The van der Waals surface area contributed by atoms with Crippen LogP contribution in [0, 0.1) is 5.92 Å². The number of nitrogens with zero attached hydrogens (tertiary/aromatic N) is 2. The number of rotatable bonds is 8. The summed E-state index contributed by atoms with van der Waals surface area (Å²) in [6, 6.07) is 5.29. The van der Waals surface area contributed by atoms with Crippen LogP contribution in [0.15, 0.2) is 18.2 Å². The van der Waals surface area contributed by atoms with E-state index in [-0.39, 0.29) is 11.5 Å². The number of hydrogen-bond donors (Lipinski definition) is 2. The maximum atomic E-state index is 12.0. The van der Waals surface area contributed by atoms with Gasteiger partial charge in [-0.1, -0.05) is 13.3 Å². The molecular weight excluding hydrogens is 354 g/mol. The Balaban J connectivity index is 1.69. The lowest BCUT2D eigenvalue weighted by atomic mass is 9.96. The van der Waals surface area contributed by atoms with Crippen LogP contribution in [0.2, 0.25) is 0 Å². The zero-order valence-corrected chi connectivity index (χ0v) is 17.0. The molecule has 3 rings (SSSR count). The molecule has 0 saturated carbocycles. The van der Waals surface area contributed by atoms with Gasteiger partial charge in [-0.15, -0.1) is 0 Å². The van der Waals surface area contributed by atoms with Gasteiger partial charge in [-0.2, -0.15) is 0 Å². The number of carbonyl (C=O) groups is 2. The van der Waals surface area contributed by atoms with E-state index < -0.39 is 5.97 Å². The highest BCUT2D eigenvalue weighted by atomic mass is 16.4. The molecular formula is C22H33N3O3. The van der Waals surface area contributed by atoms with Crippen LogP contribution in [0.1, 0.15) is 62.2 Å². The van der Waals surface area contributed by atoms with E-state index >= 15 is 0 Å². The maximum Gasteiger partial charge on any atom is 0.337 e. The molecule has 2 fully saturated rings. The number of unbranched alkanes of at least 4 members (excludes halogenated alkanes) is 1. The Hall–Kier alpha value is -2.08. The van der Waals surface area contributed by atoms with Crippen LogP contribution >= 0.6 is 0 Å². The van der Waals surface area contributed by atoms with E-state index in [0.29, 0.717) is 18.0 Å². The molecule has 0 radical (unpaired) electrons. The topological polar surface area (TPSA) is 72.9 Å². The molecule has 6 heteroatoms. The van der Waals surface area contributed by atoms with Crippen molar-refractivity contribution in [2.24, 2.45) is 5.92 Å². The van der Waals surface area contributed by atoms with E-state index in [9.17, 15) is 14.7 Å². The average Bonchev–Trinajstić information content (AvgIpc) is 3.19. The number of hydrogen-bond acceptors (Lipinski definition) is 4. The Morgan fingerprint density at radius 3 is 2.68 bits per heavy atom. The molecule has 0 aliphatic carbocycles. The number of anilines is 2. The fourth-order valence-corrected chi connectivity index (χ4v) is 4.38. The molecule has 1 amide bonds. The van der Waals surface area contributed by atoms with Gasteiger partial charge in [0.2, 0.25) is 5.91 Å². The monoisotopic (exact) mass is 387 g/mol. The van der Waals surface area contributed by atoms with Crippen LogP contribution in [0.5, 0.6) is 0 Å². The van der Waals surface area contributed by atoms with E-state index in [2.05, 4.69) is 15.1 Å². The van der Waals surface area contributed by atoms with Gasteiger partial charge in [0.1, 0.15) is 0 Å². The van der Waals surface area contributed by atoms with E-state index in [0.717, 1.165) is 44.6 Å². The average molecular weight is 388 g/mol. The molecule has 28 heavy (non-hydrogen) atoms. The minimum atomic E-state index is -0.943. The molecule has 0 unspecified atom stereocenters. The number of amides is 1. The van der Waals surface area contributed by atoms with Gasteiger partial charge >= 0.3 is 5.97 Å². The minimum Gasteiger partial charge on any atom is -0.478 e. The number of carboxylic acid groups (broad SMARTS) is 1. The van der Waals surface area contributed by atoms with Crippen LogP contribution in [-0.4, -0.2) is 54.6 Å². The third-order valence-corrected chi connectivity index (χ3v) is 5.84. The summed E-state index contributed by atoms with van der Waals surface area (Å²) in [6.45, 7) is 7.34. The summed E-state index contributed by atoms with van der Waals surface area (Å²) in [5.41, 5.74) is 1.60. The molecule has 6 nitrogen and oxygen atoms in total. The minimum absolute atomic E-state index is 0.0606. The number of carboxylic acids is 1. The third-order valence-electron chi connectivity index (χ3n) is 5.84. The quantitative estimate of drug-likeness (QED) is 0.709. The van der Waals surface area contributed by atoms with Gasteiger partial charge in [0.05, 0.1) is 11.3 Å². The molecule has 0 aromatic heterocycles. The zero-order valence-electron chi connectivity index (χ0n) is 17.0. The smallest absolute Gasteiger partial charge is 0.337 e. The summed E-state index contributed by atoms with van der Waals surface area (Å²) in [5.74, 6) is -0.419. The molecule has 1 aromatic carbocycles. The second kappa shape index (κ2) is 9.92. The van der Waals surface area contributed by atoms with Gasteiger partial charge in [-0.3, -0.25) is 4.79 Å². The van der Waals surface area contributed by atoms with E-state index in [4.69, 9.17) is 0 Å². The molecule has 154 valence electrons. The van der Waals surface area contributed by atoms with Gasteiger partial charge in [0.25, 0.3) is 0 Å². The van der Waals surface area contributed by atoms with Gasteiger partial charge in [0.15, 0.2) is 0 Å². The third kappa shape index (κ3) is 5.47. The molecule has 1 atom stereocenters. The number of nitrogens with one attached hydrogen (secondary N) is 1. The lowest BCUT2D eigenvalue weighted by molar-refractivity contribution is -0.116. The van der Waals surface area contributed by atoms with Gasteiger partial charge < -0.3 is 20.2 Å². The van der Waals surface area contributed by atoms with Crippen molar-refractivity contribution in [2.75, 3.05) is 42.9 Å². The Kier molecular flexibility index (Phi) is 7.31. The van der Waals surface area contributed by atoms with Crippen LogP contribution in [0.25, 0.3) is 0 Å². The number of aromatic carboxylic acids is 1. The highest BCUT2D eigenvalue weighted by Gasteiger charge is 2.26. The highest BCUT2D eigenvalue weighted by molar-refractivity contribution is 5.98. The lowest BCUT2D eigenvalue weighted by Crippen LogP contribution is -2.41. The summed E-state index contributed by atoms with van der Waals surface area (Å²) >= 11 is 0. The van der Waals surface area contributed by atoms with Crippen molar-refractivity contribution in [1.82, 2.24) is 4.90 Å². The van der Waals surface area contributed by atoms with Gasteiger partial charge in [-0.25, -0.2) is 4.79 Å². The summed E-state index contributed by atoms with van der Waals surface area (Å²) in [4.78, 5) is 28.6. The first-order valence-electron chi connectivity index (χ1n) is 10.7. The van der Waals surface area contributed by atoms with Crippen LogP contribution in [0.4, 0.5) is 11.4 Å². The first-order chi connectivity index (χ1) is 13.6. The zero-order chi connectivity index (χ0) is 19.9. The Labute approximate surface area is 167 Å². The molecule has 0 bridgehead atoms. The number of carbonyl (C=O) groups excluding carboxylic acids is 1. The Morgan fingerprint density at radius 1 is 1.18 bits per heavy atom. The summed E-state index contributed by atoms with van der Waals surface area (Å²) in [5, 5.41) is 12.6. The normalized spacial score (nSPS) is 20.3. The molecule has 2 heterocycles. The summed E-state index contributed by atoms with van der Waals surface area (Å²) < 4.78 is 0. The Bertz CT molecular complexity index is 686. The molecule has 1 aromatic rings. The first-order valence-corrected chi connectivity index (χ1v) is 10.7. The van der Waals surface area contributed by atoms with E-state index in [1.807, 2.05) is 19.1 Å². The van der Waals surface area contributed by atoms with E-state index in [1.54, 1.807) is 6.07 Å².